The lowest BCUT2D eigenvalue weighted by Crippen LogP contribution is -1.94. The van der Waals surface area contributed by atoms with Gasteiger partial charge in [0.2, 0.25) is 5.13 Å². The third kappa shape index (κ3) is 3.35. The lowest BCUT2D eigenvalue weighted by atomic mass is 10.2. The second kappa shape index (κ2) is 6.04. The van der Waals surface area contributed by atoms with Gasteiger partial charge in [0.05, 0.1) is 21.2 Å². The Morgan fingerprint density at radius 3 is 2.60 bits per heavy atom. The molecule has 0 saturated heterocycles. The number of rotatable bonds is 4. The third-order valence-electron chi connectivity index (χ3n) is 2.15. The van der Waals surface area contributed by atoms with Gasteiger partial charge in [0.1, 0.15) is 5.82 Å². The predicted molar refractivity (Wildman–Crippen MR) is 80.9 cm³/mol. The zero-order valence-corrected chi connectivity index (χ0v) is 12.0. The van der Waals surface area contributed by atoms with E-state index in [0.29, 0.717) is 16.5 Å². The monoisotopic (exact) mass is 331 g/mol. The molecule has 0 amide bonds. The molecule has 0 spiro atoms. The van der Waals surface area contributed by atoms with E-state index in [1.807, 2.05) is 0 Å². The van der Waals surface area contributed by atoms with Crippen molar-refractivity contribution in [1.82, 2.24) is 4.98 Å². The minimum absolute atomic E-state index is 0.133. The highest BCUT2D eigenvalue weighted by molar-refractivity contribution is 7.14. The Labute approximate surface area is 127 Å². The number of hydrazone groups is 1. The molecule has 0 atom stereocenters. The molecule has 0 radical (unpaired) electrons. The van der Waals surface area contributed by atoms with Gasteiger partial charge in [-0.05, 0) is 0 Å². The average Bonchev–Trinajstić information content (AvgIpc) is 2.78. The van der Waals surface area contributed by atoms with E-state index in [1.165, 1.54) is 29.7 Å². The number of nitro groups is 1. The second-order valence-corrected chi connectivity index (χ2v) is 5.20. The fraction of sp³-hybridized carbons (Fsp3) is 0. The summed E-state index contributed by atoms with van der Waals surface area (Å²) >= 11 is 13.1. The Hall–Kier alpha value is -1.90. The molecular weight excluding hydrogens is 325 g/mol. The standard InChI is InChI=1S/C10H7Cl2N5O2S/c11-7-1-5(17(18)19)2-8(12)6(7)3-14-16-10-15-9(13)4-20-10/h1-4H,13H2,(H,15,16). The molecule has 0 aliphatic carbocycles. The zero-order valence-electron chi connectivity index (χ0n) is 9.71. The summed E-state index contributed by atoms with van der Waals surface area (Å²) in [6, 6.07) is 2.41. The van der Waals surface area contributed by atoms with Gasteiger partial charge in [0, 0.05) is 23.1 Å². The molecule has 104 valence electrons. The summed E-state index contributed by atoms with van der Waals surface area (Å²) in [5, 5.41) is 17.0. The number of halogens is 2. The molecule has 0 saturated carbocycles. The first-order valence-corrected chi connectivity index (χ1v) is 6.74. The minimum atomic E-state index is -0.574. The van der Waals surface area contributed by atoms with Gasteiger partial charge in [-0.1, -0.05) is 23.2 Å². The number of anilines is 2. The van der Waals surface area contributed by atoms with Crippen molar-refractivity contribution in [1.29, 1.82) is 0 Å². The molecule has 0 unspecified atom stereocenters. The van der Waals surface area contributed by atoms with Crippen LogP contribution in [0.25, 0.3) is 0 Å². The van der Waals surface area contributed by atoms with Gasteiger partial charge < -0.3 is 5.73 Å². The normalized spacial score (nSPS) is 10.9. The van der Waals surface area contributed by atoms with Crippen LogP contribution in [0.15, 0.2) is 22.6 Å². The van der Waals surface area contributed by atoms with Crippen molar-refractivity contribution in [2.24, 2.45) is 5.10 Å². The van der Waals surface area contributed by atoms with Crippen molar-refractivity contribution >= 4 is 57.4 Å². The fourth-order valence-electron chi connectivity index (χ4n) is 1.29. The molecule has 7 nitrogen and oxygen atoms in total. The molecule has 10 heteroatoms. The first kappa shape index (κ1) is 14.5. The van der Waals surface area contributed by atoms with Crippen molar-refractivity contribution in [3.63, 3.8) is 0 Å². The van der Waals surface area contributed by atoms with Gasteiger partial charge in [0.15, 0.2) is 0 Å². The summed E-state index contributed by atoms with van der Waals surface area (Å²) < 4.78 is 0. The Morgan fingerprint density at radius 1 is 1.45 bits per heavy atom. The molecule has 20 heavy (non-hydrogen) atoms. The molecule has 2 aromatic rings. The maximum Gasteiger partial charge on any atom is 0.272 e. The molecule has 0 aliphatic heterocycles. The van der Waals surface area contributed by atoms with E-state index < -0.39 is 4.92 Å². The van der Waals surface area contributed by atoms with Crippen LogP contribution < -0.4 is 11.2 Å². The maximum absolute atomic E-state index is 10.6. The maximum atomic E-state index is 10.6. The van der Waals surface area contributed by atoms with Gasteiger partial charge >= 0.3 is 0 Å². The average molecular weight is 332 g/mol. The topological polar surface area (TPSA) is 106 Å². The number of thiazole rings is 1. The molecule has 3 N–H and O–H groups in total. The minimum Gasteiger partial charge on any atom is -0.383 e. The number of non-ortho nitro benzene ring substituents is 1. The molecule has 0 aliphatic rings. The smallest absolute Gasteiger partial charge is 0.272 e. The van der Waals surface area contributed by atoms with Gasteiger partial charge in [-0.15, -0.1) is 11.3 Å². The molecule has 2 rings (SSSR count). The molecular formula is C10H7Cl2N5O2S. The molecule has 1 heterocycles. The van der Waals surface area contributed by atoms with Crippen LogP contribution in [0.3, 0.4) is 0 Å². The SMILES string of the molecule is Nc1csc(NN=Cc2c(Cl)cc([N+](=O)[O-])cc2Cl)n1. The summed E-state index contributed by atoms with van der Waals surface area (Å²) in [7, 11) is 0. The number of nitrogens with two attached hydrogens (primary N) is 1. The molecule has 0 bridgehead atoms. The van der Waals surface area contributed by atoms with Crippen molar-refractivity contribution in [2.75, 3.05) is 11.2 Å². The van der Waals surface area contributed by atoms with E-state index >= 15 is 0 Å². The Bertz CT molecular complexity index is 665. The highest BCUT2D eigenvalue weighted by atomic mass is 35.5. The molecule has 1 aromatic heterocycles. The lowest BCUT2D eigenvalue weighted by molar-refractivity contribution is -0.384. The first-order chi connectivity index (χ1) is 9.47. The fourth-order valence-corrected chi connectivity index (χ4v) is 2.41. The third-order valence-corrected chi connectivity index (χ3v) is 3.54. The van der Waals surface area contributed by atoms with Crippen LogP contribution in [0, 0.1) is 10.1 Å². The van der Waals surface area contributed by atoms with Crippen molar-refractivity contribution in [2.45, 2.75) is 0 Å². The number of nitro benzene ring substituents is 1. The summed E-state index contributed by atoms with van der Waals surface area (Å²) in [5.41, 5.74) is 8.30. The Kier molecular flexibility index (Phi) is 4.38. The van der Waals surface area contributed by atoms with E-state index in [1.54, 1.807) is 5.38 Å². The summed E-state index contributed by atoms with van der Waals surface area (Å²) in [5.74, 6) is 0.388. The highest BCUT2D eigenvalue weighted by Crippen LogP contribution is 2.29. The quantitative estimate of drug-likeness (QED) is 0.507. The largest absolute Gasteiger partial charge is 0.383 e. The van der Waals surface area contributed by atoms with Crippen LogP contribution >= 0.6 is 34.5 Å². The zero-order chi connectivity index (χ0) is 14.7. The van der Waals surface area contributed by atoms with Crippen molar-refractivity contribution in [3.8, 4) is 0 Å². The van der Waals surface area contributed by atoms with E-state index in [-0.39, 0.29) is 15.7 Å². The number of nitrogens with zero attached hydrogens (tertiary/aromatic N) is 3. The van der Waals surface area contributed by atoms with Crippen LogP contribution in [-0.2, 0) is 0 Å². The Balaban J connectivity index is 2.19. The lowest BCUT2D eigenvalue weighted by Gasteiger charge is -2.01. The van der Waals surface area contributed by atoms with Crippen LogP contribution in [0.2, 0.25) is 10.0 Å². The predicted octanol–water partition coefficient (Wildman–Crippen LogP) is 3.39. The van der Waals surface area contributed by atoms with Crippen LogP contribution in [0.5, 0.6) is 0 Å². The summed E-state index contributed by atoms with van der Waals surface area (Å²) in [6.45, 7) is 0. The number of aromatic nitrogens is 1. The van der Waals surface area contributed by atoms with E-state index in [2.05, 4.69) is 15.5 Å². The number of benzene rings is 1. The number of nitrogen functional groups attached to an aromatic ring is 1. The van der Waals surface area contributed by atoms with E-state index in [0.717, 1.165) is 0 Å². The first-order valence-electron chi connectivity index (χ1n) is 5.11. The number of nitrogens with one attached hydrogen (secondary N) is 1. The second-order valence-electron chi connectivity index (χ2n) is 3.53. The summed E-state index contributed by atoms with van der Waals surface area (Å²) in [6.07, 6.45) is 1.35. The van der Waals surface area contributed by atoms with Crippen LogP contribution in [0.1, 0.15) is 5.56 Å². The van der Waals surface area contributed by atoms with Gasteiger partial charge in [-0.3, -0.25) is 15.5 Å². The Morgan fingerprint density at radius 2 is 2.10 bits per heavy atom. The molecule has 1 aromatic carbocycles. The van der Waals surface area contributed by atoms with Crippen LogP contribution in [-0.4, -0.2) is 16.1 Å². The van der Waals surface area contributed by atoms with Crippen molar-refractivity contribution in [3.05, 3.63) is 43.2 Å². The van der Waals surface area contributed by atoms with Crippen molar-refractivity contribution < 1.29 is 4.92 Å². The van der Waals surface area contributed by atoms with Crippen LogP contribution in [0.4, 0.5) is 16.6 Å². The number of hydrogen-bond acceptors (Lipinski definition) is 7. The number of hydrogen-bond donors (Lipinski definition) is 2. The van der Waals surface area contributed by atoms with E-state index in [4.69, 9.17) is 28.9 Å². The van der Waals surface area contributed by atoms with Gasteiger partial charge in [0.25, 0.3) is 5.69 Å². The van der Waals surface area contributed by atoms with Gasteiger partial charge in [-0.2, -0.15) is 5.10 Å². The van der Waals surface area contributed by atoms with E-state index in [9.17, 15) is 10.1 Å². The molecule has 0 fully saturated rings. The highest BCUT2D eigenvalue weighted by Gasteiger charge is 2.13. The summed E-state index contributed by atoms with van der Waals surface area (Å²) in [4.78, 5) is 14.0. The van der Waals surface area contributed by atoms with Gasteiger partial charge in [-0.25, -0.2) is 4.98 Å².